The molecule has 3 N–H and O–H groups in total. The van der Waals surface area contributed by atoms with Gasteiger partial charge in [-0.15, -0.1) is 0 Å². The number of benzene rings is 4. The summed E-state index contributed by atoms with van der Waals surface area (Å²) in [5.41, 5.74) is 2.60. The van der Waals surface area contributed by atoms with Gasteiger partial charge in [-0.3, -0.25) is 9.36 Å². The molecule has 0 bridgehead atoms. The minimum absolute atomic E-state index is 0.0166. The molecule has 0 radical (unpaired) electrons. The van der Waals surface area contributed by atoms with Gasteiger partial charge in [-0.2, -0.15) is 0 Å². The third kappa shape index (κ3) is 7.10. The topological polar surface area (TPSA) is 159 Å². The van der Waals surface area contributed by atoms with Crippen LogP contribution in [0.25, 0.3) is 11.2 Å². The average Bonchev–Trinajstić information content (AvgIpc) is 3.80. The molecule has 1 aliphatic rings. The van der Waals surface area contributed by atoms with Crippen molar-refractivity contribution in [2.45, 2.75) is 30.5 Å². The van der Waals surface area contributed by atoms with E-state index in [2.05, 4.69) is 20.3 Å². The fourth-order valence-corrected chi connectivity index (χ4v) is 6.92. The third-order valence-electron chi connectivity index (χ3n) is 8.98. The number of rotatable bonds is 13. The number of hydrogen-bond donors (Lipinski definition) is 3. The van der Waals surface area contributed by atoms with E-state index in [1.807, 2.05) is 84.9 Å². The van der Waals surface area contributed by atoms with Crippen LogP contribution in [0.3, 0.4) is 0 Å². The summed E-state index contributed by atoms with van der Waals surface area (Å²) in [6.45, 7) is -0.0166. The van der Waals surface area contributed by atoms with Crippen molar-refractivity contribution in [2.75, 3.05) is 26.1 Å². The van der Waals surface area contributed by atoms with Crippen molar-refractivity contribution in [3.8, 4) is 11.5 Å². The van der Waals surface area contributed by atoms with Crippen molar-refractivity contribution in [3.05, 3.63) is 144 Å². The molecule has 14 heteroatoms. The molecule has 7 rings (SSSR count). The summed E-state index contributed by atoms with van der Waals surface area (Å²) >= 11 is 0. The summed E-state index contributed by atoms with van der Waals surface area (Å²) in [5.74, 6) is 1.28. The van der Waals surface area contributed by atoms with Gasteiger partial charge < -0.3 is 38.6 Å². The monoisotopic (exact) mass is 721 g/mol. The molecular formula is C38H36N5O8P. The first-order valence-electron chi connectivity index (χ1n) is 16.4. The van der Waals surface area contributed by atoms with Gasteiger partial charge in [0.15, 0.2) is 17.0 Å². The highest BCUT2D eigenvalue weighted by molar-refractivity contribution is 7.39. The van der Waals surface area contributed by atoms with Gasteiger partial charge in [-0.1, -0.05) is 72.8 Å². The second-order valence-corrected chi connectivity index (χ2v) is 12.7. The van der Waals surface area contributed by atoms with E-state index in [9.17, 15) is 14.6 Å². The molecule has 6 aromatic rings. The van der Waals surface area contributed by atoms with Crippen LogP contribution in [0, 0.1) is 0 Å². The van der Waals surface area contributed by atoms with E-state index >= 15 is 0 Å². The van der Waals surface area contributed by atoms with E-state index < -0.39 is 32.6 Å². The number of nitrogens with zero attached hydrogens (tertiary/aromatic N) is 4. The second-order valence-electron chi connectivity index (χ2n) is 11.9. The lowest BCUT2D eigenvalue weighted by molar-refractivity contribution is -0.0909. The van der Waals surface area contributed by atoms with Crippen LogP contribution in [0.1, 0.15) is 39.7 Å². The van der Waals surface area contributed by atoms with Gasteiger partial charge in [0.25, 0.3) is 5.91 Å². The normalized spacial score (nSPS) is 17.4. The Hall–Kier alpha value is -5.27. The molecule has 13 nitrogen and oxygen atoms in total. The molecule has 3 heterocycles. The molecule has 1 saturated heterocycles. The standard InChI is InChI=1S/C38H36N5O8P/c1-47-29-17-13-27(14-18-29)38(26-11-7-4-8-12-26,28-15-19-30(48-2)20-16-28)49-22-32-31(51-52(45)46)21-33(50-32)43-24-41-34-35(39-23-40-36(34)43)42-37(44)25-9-5-3-6-10-25/h3-20,23-24,31-33,45-46H,21-22H2,1-2H3,(H,39,40,42,44)/t31-,32+,33+/m0/s1. The summed E-state index contributed by atoms with van der Waals surface area (Å²) in [6.07, 6.45) is 0.890. The van der Waals surface area contributed by atoms with Crippen LogP contribution in [-0.2, 0) is 19.6 Å². The number of methoxy groups -OCH3 is 2. The zero-order valence-corrected chi connectivity index (χ0v) is 29.2. The van der Waals surface area contributed by atoms with E-state index in [-0.39, 0.29) is 24.8 Å². The average molecular weight is 722 g/mol. The van der Waals surface area contributed by atoms with Crippen LogP contribution in [0.2, 0.25) is 0 Å². The molecule has 4 aromatic carbocycles. The van der Waals surface area contributed by atoms with Crippen molar-refractivity contribution >= 4 is 31.5 Å². The van der Waals surface area contributed by atoms with Crippen LogP contribution >= 0.6 is 8.60 Å². The zero-order valence-electron chi connectivity index (χ0n) is 28.3. The molecule has 1 aliphatic heterocycles. The molecule has 3 atom stereocenters. The molecule has 2 aromatic heterocycles. The van der Waals surface area contributed by atoms with Gasteiger partial charge in [0.05, 0.1) is 33.3 Å². The van der Waals surface area contributed by atoms with Gasteiger partial charge in [-0.25, -0.2) is 15.0 Å². The Morgan fingerprint density at radius 3 is 2.04 bits per heavy atom. The van der Waals surface area contributed by atoms with Gasteiger partial charge in [-0.05, 0) is 53.1 Å². The lowest BCUT2D eigenvalue weighted by Gasteiger charge is -2.37. The Balaban J connectivity index is 1.22. The molecule has 0 aliphatic carbocycles. The maximum Gasteiger partial charge on any atom is 0.327 e. The first-order chi connectivity index (χ1) is 25.4. The largest absolute Gasteiger partial charge is 0.497 e. The molecule has 266 valence electrons. The van der Waals surface area contributed by atoms with E-state index in [1.165, 1.54) is 6.33 Å². The Bertz CT molecular complexity index is 2050. The Kier molecular flexibility index (Phi) is 10.5. The van der Waals surface area contributed by atoms with Crippen LogP contribution in [0.15, 0.2) is 122 Å². The molecule has 1 amide bonds. The summed E-state index contributed by atoms with van der Waals surface area (Å²) < 4.78 is 31.9. The van der Waals surface area contributed by atoms with Gasteiger partial charge in [0.1, 0.15) is 35.8 Å². The van der Waals surface area contributed by atoms with Crippen molar-refractivity contribution in [1.29, 1.82) is 0 Å². The number of aromatic nitrogens is 4. The minimum Gasteiger partial charge on any atom is -0.497 e. The van der Waals surface area contributed by atoms with E-state index in [4.69, 9.17) is 23.5 Å². The maximum atomic E-state index is 12.9. The molecular weight excluding hydrogens is 685 g/mol. The summed E-state index contributed by atoms with van der Waals surface area (Å²) in [7, 11) is 0.496. The highest BCUT2D eigenvalue weighted by Gasteiger charge is 2.44. The highest BCUT2D eigenvalue weighted by Crippen LogP contribution is 2.44. The lowest BCUT2D eigenvalue weighted by atomic mass is 9.80. The van der Waals surface area contributed by atoms with Crippen LogP contribution in [0.5, 0.6) is 11.5 Å². The fourth-order valence-electron chi connectivity index (χ4n) is 6.46. The number of ether oxygens (including phenoxy) is 4. The molecule has 0 saturated carbocycles. The molecule has 1 fully saturated rings. The quantitative estimate of drug-likeness (QED) is 0.0950. The Labute approximate surface area is 300 Å². The van der Waals surface area contributed by atoms with E-state index in [0.29, 0.717) is 28.2 Å². The number of anilines is 1. The number of fused-ring (bicyclic) bond motifs is 1. The second kappa shape index (κ2) is 15.5. The van der Waals surface area contributed by atoms with Gasteiger partial charge in [0, 0.05) is 12.0 Å². The predicted molar refractivity (Wildman–Crippen MR) is 193 cm³/mol. The minimum atomic E-state index is -2.73. The van der Waals surface area contributed by atoms with Crippen LogP contribution in [-0.4, -0.2) is 68.2 Å². The lowest BCUT2D eigenvalue weighted by Crippen LogP contribution is -2.38. The first kappa shape index (κ1) is 35.1. The maximum absolute atomic E-state index is 12.9. The highest BCUT2D eigenvalue weighted by atomic mass is 31.2. The number of carbonyl (C=O) groups excluding carboxylic acids is 1. The van der Waals surface area contributed by atoms with Crippen molar-refractivity contribution in [1.82, 2.24) is 19.5 Å². The summed E-state index contributed by atoms with van der Waals surface area (Å²) in [5, 5.41) is 2.82. The number of hydrogen-bond acceptors (Lipinski definition) is 11. The van der Waals surface area contributed by atoms with Gasteiger partial charge >= 0.3 is 8.60 Å². The summed E-state index contributed by atoms with van der Waals surface area (Å²) in [6, 6.07) is 33.9. The molecule has 0 unspecified atom stereocenters. The summed E-state index contributed by atoms with van der Waals surface area (Å²) in [4.78, 5) is 46.1. The van der Waals surface area contributed by atoms with E-state index in [1.54, 1.807) is 49.4 Å². The van der Waals surface area contributed by atoms with Crippen LogP contribution < -0.4 is 14.8 Å². The molecule has 0 spiro atoms. The molecule has 52 heavy (non-hydrogen) atoms. The zero-order chi connectivity index (χ0) is 36.1. The Morgan fingerprint density at radius 1 is 0.846 bits per heavy atom. The SMILES string of the molecule is COc1ccc(C(OC[C@H]2O[C@@H](n3cnc4c(NC(=O)c5ccccc5)ncnc43)C[C@@H]2OP(O)O)(c2ccccc2)c2ccc(OC)cc2)cc1. The number of imidazole rings is 1. The van der Waals surface area contributed by atoms with Crippen molar-refractivity contribution < 1.29 is 38.1 Å². The van der Waals surface area contributed by atoms with Crippen LogP contribution in [0.4, 0.5) is 5.82 Å². The number of nitrogens with one attached hydrogen (secondary N) is 1. The van der Waals surface area contributed by atoms with E-state index in [0.717, 1.165) is 16.7 Å². The number of amides is 1. The fraction of sp³-hybridized carbons (Fsp3) is 0.211. The smallest absolute Gasteiger partial charge is 0.327 e. The van der Waals surface area contributed by atoms with Gasteiger partial charge in [0.2, 0.25) is 0 Å². The van der Waals surface area contributed by atoms with Crippen molar-refractivity contribution in [2.24, 2.45) is 0 Å². The third-order valence-corrected chi connectivity index (χ3v) is 9.44. The Morgan fingerprint density at radius 2 is 1.44 bits per heavy atom. The van der Waals surface area contributed by atoms with Crippen molar-refractivity contribution in [3.63, 3.8) is 0 Å². The first-order valence-corrected chi connectivity index (χ1v) is 17.6. The number of carbonyl (C=O) groups is 1. The predicted octanol–water partition coefficient (Wildman–Crippen LogP) is 5.99.